The number of aliphatic hydroxyl groups is 1. The van der Waals surface area contributed by atoms with Crippen molar-refractivity contribution in [3.63, 3.8) is 0 Å². The highest BCUT2D eigenvalue weighted by atomic mass is 16.2. The summed E-state index contributed by atoms with van der Waals surface area (Å²) in [6.45, 7) is 6.79. The number of benzene rings is 1. The molecule has 110 valence electrons. The van der Waals surface area contributed by atoms with Gasteiger partial charge in [0.15, 0.2) is 0 Å². The third-order valence-corrected chi connectivity index (χ3v) is 3.36. The molecule has 0 heterocycles. The Kier molecular flexibility index (Phi) is 7.98. The van der Waals surface area contributed by atoms with Crippen molar-refractivity contribution in [1.82, 2.24) is 0 Å². The first kappa shape index (κ1) is 16.7. The standard InChI is InChI=1S/C19H28O/c1-16(2)7-6-8-17(3)15-19-12-10-18(11-13-19)9-4-5-14-20/h7,10-13,15,20H,4-6,8-9,14H2,1-3H3. The van der Waals surface area contributed by atoms with E-state index in [4.69, 9.17) is 5.11 Å². The molecule has 0 amide bonds. The van der Waals surface area contributed by atoms with Gasteiger partial charge in [0.1, 0.15) is 0 Å². The lowest BCUT2D eigenvalue weighted by Crippen LogP contribution is -1.88. The zero-order valence-corrected chi connectivity index (χ0v) is 13.2. The molecule has 1 aromatic rings. The summed E-state index contributed by atoms with van der Waals surface area (Å²) in [6.07, 6.45) is 9.84. The van der Waals surface area contributed by atoms with Crippen molar-refractivity contribution >= 4 is 6.08 Å². The van der Waals surface area contributed by atoms with Crippen molar-refractivity contribution in [2.45, 2.75) is 52.9 Å². The predicted octanol–water partition coefficient (Wildman–Crippen LogP) is 5.15. The molecule has 1 rings (SSSR count). The number of hydrogen-bond donors (Lipinski definition) is 1. The molecule has 0 unspecified atom stereocenters. The number of aliphatic hydroxyl groups excluding tert-OH is 1. The van der Waals surface area contributed by atoms with Crippen molar-refractivity contribution in [2.75, 3.05) is 6.61 Å². The average molecular weight is 272 g/mol. The van der Waals surface area contributed by atoms with Crippen molar-refractivity contribution in [1.29, 1.82) is 0 Å². The third-order valence-electron chi connectivity index (χ3n) is 3.36. The van der Waals surface area contributed by atoms with Crippen LogP contribution in [0.15, 0.2) is 41.5 Å². The minimum atomic E-state index is 0.297. The van der Waals surface area contributed by atoms with E-state index in [1.807, 2.05) is 0 Å². The molecule has 0 saturated heterocycles. The minimum Gasteiger partial charge on any atom is -0.396 e. The Labute approximate surface area is 124 Å². The molecule has 20 heavy (non-hydrogen) atoms. The Hall–Kier alpha value is -1.34. The van der Waals surface area contributed by atoms with Crippen molar-refractivity contribution in [3.8, 4) is 0 Å². The molecule has 0 fully saturated rings. The smallest absolute Gasteiger partial charge is 0.0431 e. The molecular weight excluding hydrogens is 244 g/mol. The molecule has 0 aliphatic rings. The van der Waals surface area contributed by atoms with E-state index >= 15 is 0 Å². The fourth-order valence-corrected chi connectivity index (χ4v) is 2.17. The van der Waals surface area contributed by atoms with Gasteiger partial charge in [0.25, 0.3) is 0 Å². The number of unbranched alkanes of at least 4 members (excludes halogenated alkanes) is 1. The van der Waals surface area contributed by atoms with Crippen LogP contribution < -0.4 is 0 Å². The maximum Gasteiger partial charge on any atom is 0.0431 e. The second-order valence-electron chi connectivity index (χ2n) is 5.73. The van der Waals surface area contributed by atoms with Crippen LogP contribution in [-0.2, 0) is 6.42 Å². The van der Waals surface area contributed by atoms with Gasteiger partial charge < -0.3 is 5.11 Å². The summed E-state index contributed by atoms with van der Waals surface area (Å²) >= 11 is 0. The van der Waals surface area contributed by atoms with E-state index in [1.165, 1.54) is 22.3 Å². The SMILES string of the molecule is CC(C)=CCCC(C)=Cc1ccc(CCCCO)cc1. The van der Waals surface area contributed by atoms with E-state index in [0.717, 1.165) is 32.1 Å². The summed E-state index contributed by atoms with van der Waals surface area (Å²) < 4.78 is 0. The van der Waals surface area contributed by atoms with E-state index in [1.54, 1.807) is 0 Å². The number of allylic oxidation sites excluding steroid dienone is 3. The first-order chi connectivity index (χ1) is 9.61. The monoisotopic (exact) mass is 272 g/mol. The quantitative estimate of drug-likeness (QED) is 0.512. The van der Waals surface area contributed by atoms with Gasteiger partial charge in [-0.1, -0.05) is 47.6 Å². The van der Waals surface area contributed by atoms with Gasteiger partial charge in [0.2, 0.25) is 0 Å². The summed E-state index contributed by atoms with van der Waals surface area (Å²) in [6, 6.07) is 8.79. The largest absolute Gasteiger partial charge is 0.396 e. The summed E-state index contributed by atoms with van der Waals surface area (Å²) in [7, 11) is 0. The van der Waals surface area contributed by atoms with E-state index in [2.05, 4.69) is 57.2 Å². The number of rotatable bonds is 8. The Morgan fingerprint density at radius 1 is 1.05 bits per heavy atom. The van der Waals surface area contributed by atoms with Crippen LogP contribution in [0.4, 0.5) is 0 Å². The van der Waals surface area contributed by atoms with Gasteiger partial charge in [-0.25, -0.2) is 0 Å². The predicted molar refractivity (Wildman–Crippen MR) is 88.8 cm³/mol. The summed E-state index contributed by atoms with van der Waals surface area (Å²) in [5.74, 6) is 0. The average Bonchev–Trinajstić information content (AvgIpc) is 2.40. The van der Waals surface area contributed by atoms with Crippen LogP contribution in [0.3, 0.4) is 0 Å². The van der Waals surface area contributed by atoms with Crippen LogP contribution >= 0.6 is 0 Å². The highest BCUT2D eigenvalue weighted by molar-refractivity contribution is 5.52. The highest BCUT2D eigenvalue weighted by Gasteiger charge is 1.95. The zero-order chi connectivity index (χ0) is 14.8. The molecule has 0 spiro atoms. The van der Waals surface area contributed by atoms with Crippen molar-refractivity contribution in [2.24, 2.45) is 0 Å². The fraction of sp³-hybridized carbons (Fsp3) is 0.474. The van der Waals surface area contributed by atoms with Crippen LogP contribution in [-0.4, -0.2) is 11.7 Å². The first-order valence-electron chi connectivity index (χ1n) is 7.62. The van der Waals surface area contributed by atoms with Gasteiger partial charge in [-0.2, -0.15) is 0 Å². The van der Waals surface area contributed by atoms with Crippen LogP contribution in [0.2, 0.25) is 0 Å². The lowest BCUT2D eigenvalue weighted by molar-refractivity contribution is 0.284. The topological polar surface area (TPSA) is 20.2 Å². The Morgan fingerprint density at radius 3 is 2.35 bits per heavy atom. The normalized spacial score (nSPS) is 11.5. The van der Waals surface area contributed by atoms with E-state index in [9.17, 15) is 0 Å². The maximum absolute atomic E-state index is 8.78. The number of aryl methyl sites for hydroxylation is 1. The van der Waals surface area contributed by atoms with E-state index in [0.29, 0.717) is 6.61 Å². The second-order valence-corrected chi connectivity index (χ2v) is 5.73. The van der Waals surface area contributed by atoms with E-state index in [-0.39, 0.29) is 0 Å². The maximum atomic E-state index is 8.78. The summed E-state index contributed by atoms with van der Waals surface area (Å²) in [4.78, 5) is 0. The first-order valence-corrected chi connectivity index (χ1v) is 7.62. The molecule has 0 radical (unpaired) electrons. The second kappa shape index (κ2) is 9.55. The summed E-state index contributed by atoms with van der Waals surface area (Å²) in [5.41, 5.74) is 5.46. The van der Waals surface area contributed by atoms with Crippen LogP contribution in [0, 0.1) is 0 Å². The zero-order valence-electron chi connectivity index (χ0n) is 13.2. The van der Waals surface area contributed by atoms with Gasteiger partial charge in [-0.3, -0.25) is 0 Å². The molecule has 0 atom stereocenters. The molecule has 0 saturated carbocycles. The van der Waals surface area contributed by atoms with Gasteiger partial charge >= 0.3 is 0 Å². The third kappa shape index (κ3) is 7.30. The van der Waals surface area contributed by atoms with Crippen molar-refractivity contribution < 1.29 is 5.11 Å². The van der Waals surface area contributed by atoms with Gasteiger partial charge in [-0.15, -0.1) is 0 Å². The van der Waals surface area contributed by atoms with E-state index < -0.39 is 0 Å². The lowest BCUT2D eigenvalue weighted by atomic mass is 10.0. The minimum absolute atomic E-state index is 0.297. The molecule has 1 heteroatoms. The molecule has 0 aromatic heterocycles. The molecule has 1 nitrogen and oxygen atoms in total. The van der Waals surface area contributed by atoms with Crippen molar-refractivity contribution in [3.05, 3.63) is 52.6 Å². The Balaban J connectivity index is 2.48. The van der Waals surface area contributed by atoms with Crippen LogP contribution in [0.5, 0.6) is 0 Å². The molecule has 0 aliphatic heterocycles. The molecule has 1 aromatic carbocycles. The molecule has 0 bridgehead atoms. The summed E-state index contributed by atoms with van der Waals surface area (Å²) in [5, 5.41) is 8.78. The molecule has 0 aliphatic carbocycles. The molecular formula is C19H28O. The molecule has 1 N–H and O–H groups in total. The fourth-order valence-electron chi connectivity index (χ4n) is 2.17. The van der Waals surface area contributed by atoms with Gasteiger partial charge in [0, 0.05) is 6.61 Å². The van der Waals surface area contributed by atoms with Gasteiger partial charge in [0.05, 0.1) is 0 Å². The number of hydrogen-bond acceptors (Lipinski definition) is 1. The van der Waals surface area contributed by atoms with Gasteiger partial charge in [-0.05, 0) is 64.0 Å². The van der Waals surface area contributed by atoms with Crippen LogP contribution in [0.25, 0.3) is 6.08 Å². The highest BCUT2D eigenvalue weighted by Crippen LogP contribution is 2.14. The Morgan fingerprint density at radius 2 is 1.75 bits per heavy atom. The van der Waals surface area contributed by atoms with Crippen LogP contribution in [0.1, 0.15) is 57.6 Å². The lowest BCUT2D eigenvalue weighted by Gasteiger charge is -2.03. The Bertz CT molecular complexity index is 433.